The Kier molecular flexibility index (Phi) is 10.1. The summed E-state index contributed by atoms with van der Waals surface area (Å²) in [5.41, 5.74) is 5.49. The van der Waals surface area contributed by atoms with Gasteiger partial charge < -0.3 is 14.7 Å². The Hall–Kier alpha value is -5.92. The molecule has 65 heavy (non-hydrogen) atoms. The summed E-state index contributed by atoms with van der Waals surface area (Å²) in [5, 5.41) is 35.8. The molecule has 0 amide bonds. The van der Waals surface area contributed by atoms with E-state index in [0.717, 1.165) is 87.9 Å². The number of rotatable bonds is 9. The van der Waals surface area contributed by atoms with Gasteiger partial charge in [-0.25, -0.2) is 4.57 Å². The molecule has 6 aliphatic heterocycles. The lowest BCUT2D eigenvalue weighted by Gasteiger charge is -2.44. The Morgan fingerprint density at radius 2 is 0.631 bits per heavy atom. The second-order valence-corrected chi connectivity index (χ2v) is 20.8. The minimum Gasteiger partial charge on any atom is -0.365 e. The van der Waals surface area contributed by atoms with Crippen LogP contribution in [0.15, 0.2) is 109 Å². The van der Waals surface area contributed by atoms with Crippen molar-refractivity contribution < 1.29 is 18.1 Å². The van der Waals surface area contributed by atoms with E-state index < -0.39 is 7.82 Å². The van der Waals surface area contributed by atoms with Crippen LogP contribution < -0.4 is 14.7 Å². The van der Waals surface area contributed by atoms with Gasteiger partial charge in [-0.3, -0.25) is 13.6 Å². The molecule has 6 aromatic carbocycles. The molecule has 11 heteroatoms. The number of benzene rings is 6. The summed E-state index contributed by atoms with van der Waals surface area (Å²) in [6.45, 7) is 0. The van der Waals surface area contributed by atoms with E-state index in [1.54, 1.807) is 0 Å². The summed E-state index contributed by atoms with van der Waals surface area (Å²) in [6, 6.07) is 45.0. The first-order valence-corrected chi connectivity index (χ1v) is 25.1. The molecule has 0 aromatic heterocycles. The number of piperidine rings is 3. The predicted octanol–water partition coefficient (Wildman–Crippen LogP) is 11.8. The van der Waals surface area contributed by atoms with Crippen molar-refractivity contribution in [2.75, 3.05) is 14.7 Å². The average Bonchev–Trinajstić information content (AvgIpc) is 3.87. The highest BCUT2D eigenvalue weighted by Gasteiger charge is 2.50. The summed E-state index contributed by atoms with van der Waals surface area (Å²) < 4.78 is 36.4. The van der Waals surface area contributed by atoms with Gasteiger partial charge in [-0.15, -0.1) is 0 Å². The molecule has 6 bridgehead atoms. The van der Waals surface area contributed by atoms with Crippen LogP contribution in [-0.2, 0) is 18.1 Å². The summed E-state index contributed by atoms with van der Waals surface area (Å²) in [6.07, 6.45) is 9.52. The summed E-state index contributed by atoms with van der Waals surface area (Å²) in [5.74, 6) is 0. The third-order valence-electron chi connectivity index (χ3n) is 15.8. The molecule has 6 unspecified atom stereocenters. The Morgan fingerprint density at radius 3 is 0.877 bits per heavy atom. The van der Waals surface area contributed by atoms with Crippen molar-refractivity contribution in [2.24, 2.45) is 0 Å². The van der Waals surface area contributed by atoms with Gasteiger partial charge in [-0.05, 0) is 113 Å². The van der Waals surface area contributed by atoms with Crippen molar-refractivity contribution in [1.82, 2.24) is 0 Å². The molecule has 6 saturated heterocycles. The van der Waals surface area contributed by atoms with E-state index in [2.05, 4.69) is 69.3 Å². The lowest BCUT2D eigenvalue weighted by Crippen LogP contribution is -2.47. The summed E-state index contributed by atoms with van der Waals surface area (Å²) in [4.78, 5) is 7.61. The van der Waals surface area contributed by atoms with Crippen LogP contribution in [0.1, 0.15) is 93.7 Å². The summed E-state index contributed by atoms with van der Waals surface area (Å²) in [7, 11) is -4.09. The van der Waals surface area contributed by atoms with E-state index in [-0.39, 0.29) is 54.6 Å². The lowest BCUT2D eigenvalue weighted by atomic mass is 9.96. The summed E-state index contributed by atoms with van der Waals surface area (Å²) >= 11 is 0. The standard InChI is InChI=1S/C54H51N6O4P/c55-31-34-13-22-52(49-10-4-1-7-46(34)49)58-37-16-17-38(58)26-43(25-37)62-65(61,63-44-27-39-18-19-40(28-44)59(39)53-23-14-35(32-56)47-8-2-5-11-50(47)53)64-45-29-41-20-21-42(30-45)60(41)54-24-15-36(33-57)48-9-3-6-12-51(48)54/h1-15,22-24,37-45H,16-21,25-30H2. The highest BCUT2D eigenvalue weighted by atomic mass is 31.2. The molecule has 12 rings (SSSR count). The fourth-order valence-electron chi connectivity index (χ4n) is 13.3. The number of nitrogens with zero attached hydrogens (tertiary/aromatic N) is 6. The van der Waals surface area contributed by atoms with Crippen LogP contribution in [-0.4, -0.2) is 54.6 Å². The number of hydrogen-bond donors (Lipinski definition) is 0. The van der Waals surface area contributed by atoms with E-state index in [4.69, 9.17) is 13.6 Å². The zero-order valence-electron chi connectivity index (χ0n) is 36.3. The number of phosphoric acid groups is 1. The second kappa shape index (κ2) is 16.2. The molecule has 6 aromatic rings. The monoisotopic (exact) mass is 878 g/mol. The van der Waals surface area contributed by atoms with Gasteiger partial charge in [-0.2, -0.15) is 15.8 Å². The van der Waals surface area contributed by atoms with Crippen LogP contribution in [0.4, 0.5) is 17.1 Å². The first-order chi connectivity index (χ1) is 31.9. The number of fused-ring (bicyclic) bond motifs is 9. The predicted molar refractivity (Wildman–Crippen MR) is 254 cm³/mol. The Morgan fingerprint density at radius 1 is 0.385 bits per heavy atom. The van der Waals surface area contributed by atoms with Gasteiger partial charge in [0.2, 0.25) is 0 Å². The van der Waals surface area contributed by atoms with Gasteiger partial charge >= 0.3 is 7.82 Å². The van der Waals surface area contributed by atoms with Gasteiger partial charge in [0, 0.05) is 85.6 Å². The molecule has 6 heterocycles. The molecule has 0 N–H and O–H groups in total. The highest BCUT2D eigenvalue weighted by Crippen LogP contribution is 2.59. The van der Waals surface area contributed by atoms with Crippen molar-refractivity contribution in [1.29, 1.82) is 15.8 Å². The topological polar surface area (TPSA) is 126 Å². The van der Waals surface area contributed by atoms with E-state index >= 15 is 4.57 Å². The fraction of sp³-hybridized carbons (Fsp3) is 0.389. The number of hydrogen-bond acceptors (Lipinski definition) is 10. The molecular formula is C54H51N6O4P. The van der Waals surface area contributed by atoms with Crippen LogP contribution in [0.25, 0.3) is 32.3 Å². The largest absolute Gasteiger partial charge is 0.475 e. The molecule has 10 nitrogen and oxygen atoms in total. The normalized spacial score (nSPS) is 28.9. The van der Waals surface area contributed by atoms with Crippen LogP contribution >= 0.6 is 7.82 Å². The van der Waals surface area contributed by atoms with Gasteiger partial charge in [0.15, 0.2) is 0 Å². The Balaban J connectivity index is 0.818. The van der Waals surface area contributed by atoms with Gasteiger partial charge in [0.05, 0.1) is 53.2 Å². The molecule has 6 fully saturated rings. The van der Waals surface area contributed by atoms with Gasteiger partial charge in [0.1, 0.15) is 0 Å². The Labute approximate surface area is 380 Å². The molecule has 0 saturated carbocycles. The lowest BCUT2D eigenvalue weighted by molar-refractivity contribution is 0.00485. The van der Waals surface area contributed by atoms with Crippen molar-refractivity contribution >= 4 is 57.2 Å². The van der Waals surface area contributed by atoms with Gasteiger partial charge in [-0.1, -0.05) is 72.8 Å². The first-order valence-electron chi connectivity index (χ1n) is 23.6. The van der Waals surface area contributed by atoms with Crippen molar-refractivity contribution in [3.63, 3.8) is 0 Å². The zero-order chi connectivity index (χ0) is 43.8. The van der Waals surface area contributed by atoms with Crippen LogP contribution in [0.3, 0.4) is 0 Å². The quantitative estimate of drug-likeness (QED) is 0.130. The minimum atomic E-state index is -4.09. The average molecular weight is 879 g/mol. The van der Waals surface area contributed by atoms with Crippen molar-refractivity contribution in [3.05, 3.63) is 126 Å². The maximum Gasteiger partial charge on any atom is 0.475 e. The van der Waals surface area contributed by atoms with Crippen LogP contribution in [0.2, 0.25) is 0 Å². The van der Waals surface area contributed by atoms with E-state index in [0.29, 0.717) is 55.2 Å². The van der Waals surface area contributed by atoms with Crippen LogP contribution in [0, 0.1) is 34.0 Å². The molecule has 0 radical (unpaired) electrons. The molecular weight excluding hydrogens is 828 g/mol. The third kappa shape index (κ3) is 6.95. The maximum absolute atomic E-state index is 15.7. The number of phosphoric ester groups is 1. The smallest absolute Gasteiger partial charge is 0.365 e. The number of nitriles is 3. The first kappa shape index (κ1) is 40.6. The van der Waals surface area contributed by atoms with E-state index in [9.17, 15) is 15.8 Å². The minimum absolute atomic E-state index is 0.200. The molecule has 0 aliphatic carbocycles. The molecule has 6 atom stereocenters. The molecule has 326 valence electrons. The SMILES string of the molecule is N#Cc1ccc(N2C3CCC2CC(OP(=O)(OC2CC4CCC(C2)N4c2ccc(C#N)c4ccccc24)OC2CC4CCC(C2)N4c2ccc(C#N)c4ccccc24)C3)c2ccccc12. The third-order valence-corrected chi connectivity index (χ3v) is 17.5. The number of anilines is 3. The highest BCUT2D eigenvalue weighted by molar-refractivity contribution is 7.48. The van der Waals surface area contributed by atoms with Crippen molar-refractivity contribution in [3.8, 4) is 18.2 Å². The van der Waals surface area contributed by atoms with E-state index in [1.807, 2.05) is 72.8 Å². The fourth-order valence-corrected chi connectivity index (χ4v) is 15.0. The van der Waals surface area contributed by atoms with Gasteiger partial charge in [0.25, 0.3) is 0 Å². The van der Waals surface area contributed by atoms with E-state index in [1.165, 1.54) is 0 Å². The van der Waals surface area contributed by atoms with Crippen molar-refractivity contribution in [2.45, 2.75) is 132 Å². The van der Waals surface area contributed by atoms with Crippen LogP contribution in [0.5, 0.6) is 0 Å². The molecule has 6 aliphatic rings. The Bertz CT molecular complexity index is 2680. The zero-order valence-corrected chi connectivity index (χ0v) is 37.2. The second-order valence-electron chi connectivity index (χ2n) is 19.3. The molecule has 0 spiro atoms. The maximum atomic E-state index is 15.7.